The molecule has 0 aliphatic heterocycles. The van der Waals surface area contributed by atoms with Gasteiger partial charge in [0.2, 0.25) is 0 Å². The van der Waals surface area contributed by atoms with Crippen LogP contribution in [0, 0.1) is 0 Å². The summed E-state index contributed by atoms with van der Waals surface area (Å²) in [4.78, 5) is 28.3. The highest BCUT2D eigenvalue weighted by Crippen LogP contribution is 2.25. The van der Waals surface area contributed by atoms with Gasteiger partial charge in [-0.2, -0.15) is 0 Å². The second kappa shape index (κ2) is 11.7. The van der Waals surface area contributed by atoms with E-state index in [1.54, 1.807) is 0 Å². The number of hydrogen-bond donors (Lipinski definition) is 1. The number of imidazole rings is 1. The zero-order chi connectivity index (χ0) is 20.1. The van der Waals surface area contributed by atoms with E-state index in [2.05, 4.69) is 16.9 Å². The minimum atomic E-state index is -0.296. The third-order valence-corrected chi connectivity index (χ3v) is 4.86. The summed E-state index contributed by atoms with van der Waals surface area (Å²) in [5.74, 6) is 0.559. The van der Waals surface area contributed by atoms with E-state index in [4.69, 9.17) is 10.7 Å². The molecule has 30 heavy (non-hydrogen) atoms. The summed E-state index contributed by atoms with van der Waals surface area (Å²) >= 11 is 0. The maximum absolute atomic E-state index is 12.4. The van der Waals surface area contributed by atoms with E-state index in [1.807, 2.05) is 41.9 Å². The second-order valence-corrected chi connectivity index (χ2v) is 6.79. The number of ketones is 1. The molecule has 0 unspecified atom stereocenters. The van der Waals surface area contributed by atoms with Crippen molar-refractivity contribution >= 4 is 47.6 Å². The minimum absolute atomic E-state index is 0. The lowest BCUT2D eigenvalue weighted by Gasteiger charge is -2.04. The lowest BCUT2D eigenvalue weighted by atomic mass is 10.0. The molecule has 3 rings (SSSR count). The van der Waals surface area contributed by atoms with Crippen molar-refractivity contribution in [3.05, 3.63) is 53.6 Å². The van der Waals surface area contributed by atoms with Crippen LogP contribution in [0.15, 0.2) is 42.5 Å². The number of aromatic nitrogens is 2. The van der Waals surface area contributed by atoms with Gasteiger partial charge in [-0.1, -0.05) is 24.3 Å². The summed E-state index contributed by atoms with van der Waals surface area (Å²) in [7, 11) is 3.32. The lowest BCUT2D eigenvalue weighted by molar-refractivity contribution is -0.140. The molecule has 2 N–H and O–H groups in total. The Kier molecular flexibility index (Phi) is 9.99. The lowest BCUT2D eigenvalue weighted by Crippen LogP contribution is -2.03. The number of nitrogens with two attached hydrogens (primary N) is 1. The number of aryl methyl sites for hydroxylation is 1. The molecule has 0 atom stereocenters. The highest BCUT2D eigenvalue weighted by Gasteiger charge is 2.13. The SMILES string of the molecule is COC(=O)CCCC(=O)c1ccc2c(c1)nc(-c1ccc(CCN)cc1)n2C.Cl.Cl. The van der Waals surface area contributed by atoms with E-state index in [1.165, 1.54) is 12.7 Å². The molecular formula is C22H27Cl2N3O3. The van der Waals surface area contributed by atoms with Crippen LogP contribution in [-0.2, 0) is 23.0 Å². The van der Waals surface area contributed by atoms with E-state index in [-0.39, 0.29) is 43.0 Å². The first-order valence-corrected chi connectivity index (χ1v) is 9.39. The third-order valence-electron chi connectivity index (χ3n) is 4.86. The molecule has 6 nitrogen and oxygen atoms in total. The van der Waals surface area contributed by atoms with E-state index < -0.39 is 0 Å². The number of benzene rings is 2. The molecule has 0 saturated carbocycles. The molecule has 3 aromatic rings. The van der Waals surface area contributed by atoms with Crippen molar-refractivity contribution in [2.75, 3.05) is 13.7 Å². The first kappa shape index (κ1) is 25.6. The van der Waals surface area contributed by atoms with Crippen molar-refractivity contribution in [3.8, 4) is 11.4 Å². The van der Waals surface area contributed by atoms with Crippen molar-refractivity contribution < 1.29 is 14.3 Å². The van der Waals surface area contributed by atoms with Crippen LogP contribution in [0.25, 0.3) is 22.4 Å². The quantitative estimate of drug-likeness (QED) is 0.411. The summed E-state index contributed by atoms with van der Waals surface area (Å²) in [5, 5.41) is 0. The number of carbonyl (C=O) groups is 2. The van der Waals surface area contributed by atoms with Gasteiger partial charge in [-0.3, -0.25) is 9.59 Å². The van der Waals surface area contributed by atoms with Crippen LogP contribution in [-0.4, -0.2) is 35.0 Å². The number of rotatable bonds is 8. The highest BCUT2D eigenvalue weighted by molar-refractivity contribution is 5.99. The molecule has 1 aromatic heterocycles. The number of nitrogens with zero attached hydrogens (tertiary/aromatic N) is 2. The molecule has 0 bridgehead atoms. The van der Waals surface area contributed by atoms with Gasteiger partial charge in [0.25, 0.3) is 0 Å². The Morgan fingerprint density at radius 2 is 1.77 bits per heavy atom. The molecule has 0 radical (unpaired) electrons. The van der Waals surface area contributed by atoms with Crippen molar-refractivity contribution in [1.82, 2.24) is 9.55 Å². The average Bonchev–Trinajstić information content (AvgIpc) is 3.04. The number of halogens is 2. The highest BCUT2D eigenvalue weighted by atomic mass is 35.5. The fourth-order valence-corrected chi connectivity index (χ4v) is 3.26. The molecule has 0 fully saturated rings. The van der Waals surface area contributed by atoms with E-state index >= 15 is 0 Å². The minimum Gasteiger partial charge on any atom is -0.469 e. The van der Waals surface area contributed by atoms with Gasteiger partial charge in [-0.05, 0) is 43.1 Å². The summed E-state index contributed by atoms with van der Waals surface area (Å²) < 4.78 is 6.63. The van der Waals surface area contributed by atoms with Crippen molar-refractivity contribution in [3.63, 3.8) is 0 Å². The topological polar surface area (TPSA) is 87.2 Å². The monoisotopic (exact) mass is 451 g/mol. The summed E-state index contributed by atoms with van der Waals surface area (Å²) in [6.07, 6.45) is 1.89. The maximum Gasteiger partial charge on any atom is 0.305 e. The Balaban J connectivity index is 0.00000225. The second-order valence-electron chi connectivity index (χ2n) is 6.79. The molecule has 162 valence electrons. The summed E-state index contributed by atoms with van der Waals surface area (Å²) in [6, 6.07) is 13.8. The number of Topliss-reactive ketones (excluding diaryl/α,β-unsaturated/α-hetero) is 1. The van der Waals surface area contributed by atoms with Gasteiger partial charge in [0, 0.05) is 31.0 Å². The first-order valence-electron chi connectivity index (χ1n) is 9.39. The van der Waals surface area contributed by atoms with Crippen molar-refractivity contribution in [2.45, 2.75) is 25.7 Å². The zero-order valence-electron chi connectivity index (χ0n) is 17.1. The van der Waals surface area contributed by atoms with Crippen LogP contribution < -0.4 is 5.73 Å². The van der Waals surface area contributed by atoms with Gasteiger partial charge >= 0.3 is 5.97 Å². The van der Waals surface area contributed by atoms with Crippen LogP contribution in [0.4, 0.5) is 0 Å². The van der Waals surface area contributed by atoms with Crippen LogP contribution in [0.3, 0.4) is 0 Å². The molecule has 0 amide bonds. The Morgan fingerprint density at radius 3 is 2.40 bits per heavy atom. The van der Waals surface area contributed by atoms with Gasteiger partial charge in [0.05, 0.1) is 18.1 Å². The number of carbonyl (C=O) groups excluding carboxylic acids is 2. The van der Waals surface area contributed by atoms with Crippen LogP contribution in [0.1, 0.15) is 35.2 Å². The molecular weight excluding hydrogens is 425 g/mol. The number of hydrogen-bond acceptors (Lipinski definition) is 5. The Bertz CT molecular complexity index is 1000. The van der Waals surface area contributed by atoms with Gasteiger partial charge in [0.1, 0.15) is 5.82 Å². The average molecular weight is 452 g/mol. The van der Waals surface area contributed by atoms with E-state index in [0.717, 1.165) is 28.8 Å². The largest absolute Gasteiger partial charge is 0.469 e. The zero-order valence-corrected chi connectivity index (χ0v) is 18.7. The van der Waals surface area contributed by atoms with Crippen molar-refractivity contribution in [1.29, 1.82) is 0 Å². The van der Waals surface area contributed by atoms with Crippen LogP contribution in [0.2, 0.25) is 0 Å². The van der Waals surface area contributed by atoms with Gasteiger partial charge < -0.3 is 15.0 Å². The van der Waals surface area contributed by atoms with E-state index in [9.17, 15) is 9.59 Å². The van der Waals surface area contributed by atoms with Crippen molar-refractivity contribution in [2.24, 2.45) is 12.8 Å². The molecule has 0 spiro atoms. The van der Waals surface area contributed by atoms with Crippen LogP contribution >= 0.6 is 24.8 Å². The normalized spacial score (nSPS) is 10.2. The summed E-state index contributed by atoms with van der Waals surface area (Å²) in [5.41, 5.74) is 10.2. The Labute approximate surface area is 188 Å². The molecule has 0 aliphatic carbocycles. The predicted molar refractivity (Wildman–Crippen MR) is 124 cm³/mol. The first-order chi connectivity index (χ1) is 13.5. The van der Waals surface area contributed by atoms with Gasteiger partial charge in [-0.15, -0.1) is 24.8 Å². The smallest absolute Gasteiger partial charge is 0.305 e. The van der Waals surface area contributed by atoms with Crippen LogP contribution in [0.5, 0.6) is 0 Å². The summed E-state index contributed by atoms with van der Waals surface area (Å²) in [6.45, 7) is 0.627. The van der Waals surface area contributed by atoms with Gasteiger partial charge in [0.15, 0.2) is 5.78 Å². The maximum atomic E-state index is 12.4. The molecule has 8 heteroatoms. The molecule has 0 saturated heterocycles. The van der Waals surface area contributed by atoms with E-state index in [0.29, 0.717) is 24.9 Å². The number of ether oxygens (including phenoxy) is 1. The Morgan fingerprint density at radius 1 is 1.07 bits per heavy atom. The predicted octanol–water partition coefficient (Wildman–Crippen LogP) is 4.11. The number of esters is 1. The molecule has 2 aromatic carbocycles. The molecule has 1 heterocycles. The fraction of sp³-hybridized carbons (Fsp3) is 0.318. The fourth-order valence-electron chi connectivity index (χ4n) is 3.26. The van der Waals surface area contributed by atoms with Gasteiger partial charge in [-0.25, -0.2) is 4.98 Å². The molecule has 0 aliphatic rings. The number of fused-ring (bicyclic) bond motifs is 1. The standard InChI is InChI=1S/C22H25N3O3.2ClH/c1-25-19-11-10-17(20(26)4-3-5-21(27)28-2)14-18(19)24-22(25)16-8-6-15(7-9-16)12-13-23;;/h6-11,14H,3-5,12-13,23H2,1-2H3;2*1H. The third kappa shape index (κ3) is 5.81. The number of methoxy groups -OCH3 is 1. The Hall–Kier alpha value is -2.41.